The smallest absolute Gasteiger partial charge is 0.165 e. The SMILES string of the molecule is Fc1ccc(F)c2c1OCCC2Cc1ccc(Cl)cc1. The van der Waals surface area contributed by atoms with Crippen LogP contribution in [0.15, 0.2) is 36.4 Å². The topological polar surface area (TPSA) is 9.23 Å². The van der Waals surface area contributed by atoms with E-state index in [0.29, 0.717) is 30.0 Å². The summed E-state index contributed by atoms with van der Waals surface area (Å²) in [4.78, 5) is 0. The Kier molecular flexibility index (Phi) is 3.62. The Morgan fingerprint density at radius 1 is 1.05 bits per heavy atom. The van der Waals surface area contributed by atoms with Crippen LogP contribution in [0.4, 0.5) is 8.78 Å². The van der Waals surface area contributed by atoms with Crippen LogP contribution in [0.2, 0.25) is 5.02 Å². The third-order valence-electron chi connectivity index (χ3n) is 3.61. The maximum Gasteiger partial charge on any atom is 0.165 e. The molecular weight excluding hydrogens is 282 g/mol. The predicted octanol–water partition coefficient (Wildman–Crippen LogP) is 4.73. The Bertz CT molecular complexity index is 625. The highest BCUT2D eigenvalue weighted by Gasteiger charge is 2.27. The molecule has 0 fully saturated rings. The van der Waals surface area contributed by atoms with Crippen molar-refractivity contribution in [1.82, 2.24) is 0 Å². The van der Waals surface area contributed by atoms with E-state index in [1.54, 1.807) is 12.1 Å². The monoisotopic (exact) mass is 294 g/mol. The molecule has 3 rings (SSSR count). The van der Waals surface area contributed by atoms with Gasteiger partial charge < -0.3 is 4.74 Å². The summed E-state index contributed by atoms with van der Waals surface area (Å²) in [7, 11) is 0. The van der Waals surface area contributed by atoms with Gasteiger partial charge in [-0.1, -0.05) is 23.7 Å². The number of ether oxygens (including phenoxy) is 1. The lowest BCUT2D eigenvalue weighted by atomic mass is 9.87. The van der Waals surface area contributed by atoms with Crippen molar-refractivity contribution in [3.8, 4) is 5.75 Å². The number of halogens is 3. The Labute approximate surface area is 121 Å². The molecule has 0 N–H and O–H groups in total. The molecule has 1 aliphatic rings. The van der Waals surface area contributed by atoms with Crippen LogP contribution in [0.5, 0.6) is 5.75 Å². The molecule has 1 aliphatic heterocycles. The minimum Gasteiger partial charge on any atom is -0.490 e. The summed E-state index contributed by atoms with van der Waals surface area (Å²) in [6.07, 6.45) is 1.32. The van der Waals surface area contributed by atoms with Gasteiger partial charge in [0.15, 0.2) is 11.6 Å². The van der Waals surface area contributed by atoms with Gasteiger partial charge in [-0.25, -0.2) is 8.78 Å². The van der Waals surface area contributed by atoms with Gasteiger partial charge in [-0.15, -0.1) is 0 Å². The van der Waals surface area contributed by atoms with Crippen LogP contribution < -0.4 is 4.74 Å². The van der Waals surface area contributed by atoms with E-state index in [1.165, 1.54) is 0 Å². The molecule has 0 saturated heterocycles. The number of rotatable bonds is 2. The lowest BCUT2D eigenvalue weighted by Crippen LogP contribution is -2.18. The van der Waals surface area contributed by atoms with Crippen molar-refractivity contribution in [2.45, 2.75) is 18.8 Å². The van der Waals surface area contributed by atoms with Crippen LogP contribution in [0.25, 0.3) is 0 Å². The van der Waals surface area contributed by atoms with Crippen LogP contribution in [0, 0.1) is 11.6 Å². The second-order valence-corrected chi connectivity index (χ2v) is 5.37. The van der Waals surface area contributed by atoms with Gasteiger partial charge in [-0.05, 0) is 48.6 Å². The Morgan fingerprint density at radius 2 is 1.75 bits per heavy atom. The van der Waals surface area contributed by atoms with E-state index in [-0.39, 0.29) is 11.7 Å². The average Bonchev–Trinajstić information content (AvgIpc) is 2.46. The molecule has 2 aromatic rings. The molecule has 0 spiro atoms. The highest BCUT2D eigenvalue weighted by atomic mass is 35.5. The first kappa shape index (κ1) is 13.4. The highest BCUT2D eigenvalue weighted by Crippen LogP contribution is 2.39. The Morgan fingerprint density at radius 3 is 2.50 bits per heavy atom. The van der Waals surface area contributed by atoms with Gasteiger partial charge in [-0.3, -0.25) is 0 Å². The summed E-state index contributed by atoms with van der Waals surface area (Å²) in [6.45, 7) is 0.408. The summed E-state index contributed by atoms with van der Waals surface area (Å²) < 4.78 is 33.0. The van der Waals surface area contributed by atoms with Crippen LogP contribution in [-0.4, -0.2) is 6.61 Å². The van der Waals surface area contributed by atoms with Crippen LogP contribution >= 0.6 is 11.6 Å². The van der Waals surface area contributed by atoms with E-state index in [1.807, 2.05) is 12.1 Å². The number of hydrogen-bond donors (Lipinski definition) is 0. The molecule has 20 heavy (non-hydrogen) atoms. The molecule has 0 aromatic heterocycles. The molecule has 1 atom stereocenters. The minimum absolute atomic E-state index is 0.0650. The van der Waals surface area contributed by atoms with E-state index in [0.717, 1.165) is 17.7 Å². The van der Waals surface area contributed by atoms with Gasteiger partial charge in [0.2, 0.25) is 0 Å². The fraction of sp³-hybridized carbons (Fsp3) is 0.250. The summed E-state index contributed by atoms with van der Waals surface area (Å²) in [5, 5.41) is 0.665. The third-order valence-corrected chi connectivity index (χ3v) is 3.86. The standard InChI is InChI=1S/C16H13ClF2O/c17-12-3-1-10(2-4-12)9-11-7-8-20-16-14(19)6-5-13(18)15(11)16/h1-6,11H,7-9H2. The molecule has 0 saturated carbocycles. The van der Waals surface area contributed by atoms with Crippen LogP contribution in [0.1, 0.15) is 23.5 Å². The van der Waals surface area contributed by atoms with Crippen LogP contribution in [0.3, 0.4) is 0 Å². The fourth-order valence-corrected chi connectivity index (χ4v) is 2.76. The molecule has 0 bridgehead atoms. The van der Waals surface area contributed by atoms with Gasteiger partial charge in [0, 0.05) is 10.6 Å². The van der Waals surface area contributed by atoms with Crippen molar-refractivity contribution in [3.05, 3.63) is 64.2 Å². The molecule has 1 nitrogen and oxygen atoms in total. The molecule has 0 aliphatic carbocycles. The van der Waals surface area contributed by atoms with Crippen molar-refractivity contribution in [2.24, 2.45) is 0 Å². The van der Waals surface area contributed by atoms with Crippen molar-refractivity contribution >= 4 is 11.6 Å². The number of fused-ring (bicyclic) bond motifs is 1. The largest absolute Gasteiger partial charge is 0.490 e. The van der Waals surface area contributed by atoms with Crippen molar-refractivity contribution in [2.75, 3.05) is 6.61 Å². The third kappa shape index (κ3) is 2.50. The average molecular weight is 295 g/mol. The zero-order chi connectivity index (χ0) is 14.1. The first-order valence-electron chi connectivity index (χ1n) is 6.50. The van der Waals surface area contributed by atoms with E-state index in [9.17, 15) is 8.78 Å². The number of hydrogen-bond acceptors (Lipinski definition) is 1. The van der Waals surface area contributed by atoms with Crippen molar-refractivity contribution in [3.63, 3.8) is 0 Å². The molecule has 0 radical (unpaired) electrons. The molecule has 0 amide bonds. The summed E-state index contributed by atoms with van der Waals surface area (Å²) in [5.74, 6) is -0.909. The first-order chi connectivity index (χ1) is 9.65. The Hall–Kier alpha value is -1.61. The maximum absolute atomic E-state index is 14.0. The predicted molar refractivity (Wildman–Crippen MR) is 74.4 cm³/mol. The summed E-state index contributed by atoms with van der Waals surface area (Å²) >= 11 is 5.85. The normalized spacial score (nSPS) is 17.4. The van der Waals surface area contributed by atoms with Crippen LogP contribution in [-0.2, 0) is 6.42 Å². The minimum atomic E-state index is -0.498. The van der Waals surface area contributed by atoms with E-state index < -0.39 is 11.6 Å². The molecule has 104 valence electrons. The highest BCUT2D eigenvalue weighted by molar-refractivity contribution is 6.30. The summed E-state index contributed by atoms with van der Waals surface area (Å²) in [5.41, 5.74) is 1.40. The zero-order valence-electron chi connectivity index (χ0n) is 10.7. The van der Waals surface area contributed by atoms with Gasteiger partial charge >= 0.3 is 0 Å². The molecular formula is C16H13ClF2O. The molecule has 1 unspecified atom stereocenters. The first-order valence-corrected chi connectivity index (χ1v) is 6.88. The lowest BCUT2D eigenvalue weighted by Gasteiger charge is -2.26. The number of benzene rings is 2. The van der Waals surface area contributed by atoms with E-state index in [4.69, 9.17) is 16.3 Å². The Balaban J connectivity index is 1.94. The maximum atomic E-state index is 14.0. The quantitative estimate of drug-likeness (QED) is 0.778. The zero-order valence-corrected chi connectivity index (χ0v) is 11.5. The molecule has 1 heterocycles. The van der Waals surface area contributed by atoms with Crippen molar-refractivity contribution in [1.29, 1.82) is 0 Å². The van der Waals surface area contributed by atoms with E-state index >= 15 is 0 Å². The van der Waals surface area contributed by atoms with Crippen molar-refractivity contribution < 1.29 is 13.5 Å². The van der Waals surface area contributed by atoms with Gasteiger partial charge in [-0.2, -0.15) is 0 Å². The second-order valence-electron chi connectivity index (χ2n) is 4.94. The van der Waals surface area contributed by atoms with Gasteiger partial charge in [0.25, 0.3) is 0 Å². The molecule has 4 heteroatoms. The van der Waals surface area contributed by atoms with Gasteiger partial charge in [0.05, 0.1) is 6.61 Å². The fourth-order valence-electron chi connectivity index (χ4n) is 2.63. The lowest BCUT2D eigenvalue weighted by molar-refractivity contribution is 0.248. The summed E-state index contributed by atoms with van der Waals surface area (Å²) in [6, 6.07) is 9.71. The van der Waals surface area contributed by atoms with Gasteiger partial charge in [0.1, 0.15) is 5.82 Å². The van der Waals surface area contributed by atoms with E-state index in [2.05, 4.69) is 0 Å². The second kappa shape index (κ2) is 5.41. The molecule has 2 aromatic carbocycles.